The molecule has 1 atom stereocenters. The molecular weight excluding hydrogens is 322 g/mol. The minimum atomic E-state index is -0.298. The Morgan fingerprint density at radius 2 is 1.96 bits per heavy atom. The summed E-state index contributed by atoms with van der Waals surface area (Å²) in [7, 11) is 0. The van der Waals surface area contributed by atoms with Crippen LogP contribution in [0.15, 0.2) is 18.5 Å². The molecule has 0 aliphatic carbocycles. The van der Waals surface area contributed by atoms with E-state index in [9.17, 15) is 9.59 Å². The fraction of sp³-hybridized carbons (Fsp3) is 0.529. The third-order valence-electron chi connectivity index (χ3n) is 4.87. The number of aryl methyl sites for hydroxylation is 1. The Kier molecular flexibility index (Phi) is 4.12. The molecule has 0 saturated carbocycles. The Morgan fingerprint density at radius 3 is 2.68 bits per heavy atom. The predicted molar refractivity (Wildman–Crippen MR) is 89.2 cm³/mol. The van der Waals surface area contributed by atoms with Crippen LogP contribution in [-0.4, -0.2) is 75.1 Å². The number of hydrogen-bond donors (Lipinski definition) is 0. The summed E-state index contributed by atoms with van der Waals surface area (Å²) in [5.41, 5.74) is 1.78. The van der Waals surface area contributed by atoms with Crippen LogP contribution in [0.3, 0.4) is 0 Å². The first-order valence-corrected chi connectivity index (χ1v) is 8.65. The Labute approximate surface area is 145 Å². The number of carbonyl (C=O) groups is 2. The van der Waals surface area contributed by atoms with Gasteiger partial charge in [0.2, 0.25) is 0 Å². The summed E-state index contributed by atoms with van der Waals surface area (Å²) in [5.74, 6) is -0.0196. The molecule has 2 aliphatic heterocycles. The summed E-state index contributed by atoms with van der Waals surface area (Å²) in [6.45, 7) is 4.59. The quantitative estimate of drug-likeness (QED) is 0.793. The molecule has 0 radical (unpaired) electrons. The van der Waals surface area contributed by atoms with E-state index in [4.69, 9.17) is 4.74 Å². The van der Waals surface area contributed by atoms with Gasteiger partial charge in [0, 0.05) is 45.2 Å². The topological polar surface area (TPSA) is 80.0 Å². The van der Waals surface area contributed by atoms with Crippen LogP contribution in [-0.2, 0) is 9.53 Å². The fourth-order valence-corrected chi connectivity index (χ4v) is 3.51. The molecule has 0 aromatic carbocycles. The molecule has 132 valence electrons. The zero-order valence-corrected chi connectivity index (χ0v) is 14.2. The monoisotopic (exact) mass is 343 g/mol. The van der Waals surface area contributed by atoms with Crippen molar-refractivity contribution in [2.24, 2.45) is 0 Å². The maximum atomic E-state index is 12.9. The molecule has 0 spiro atoms. The second kappa shape index (κ2) is 6.44. The number of nitrogens with zero attached hydrogens (tertiary/aromatic N) is 5. The molecule has 2 fully saturated rings. The van der Waals surface area contributed by atoms with E-state index in [0.29, 0.717) is 49.7 Å². The van der Waals surface area contributed by atoms with Gasteiger partial charge in [0.1, 0.15) is 11.7 Å². The standard InChI is InChI=1S/C17H21N5O3/c1-12-14(15-18-5-3-6-22(15)19-12)17(24)21-9-7-20(8-10-21)16(23)13-4-2-11-25-13/h3,5-6,13H,2,4,7-11H2,1H3. The minimum absolute atomic E-state index is 0.0541. The molecule has 2 aromatic rings. The highest BCUT2D eigenvalue weighted by Crippen LogP contribution is 2.19. The molecule has 25 heavy (non-hydrogen) atoms. The molecule has 0 N–H and O–H groups in total. The lowest BCUT2D eigenvalue weighted by Crippen LogP contribution is -2.52. The van der Waals surface area contributed by atoms with Crippen molar-refractivity contribution < 1.29 is 14.3 Å². The molecule has 2 amide bonds. The van der Waals surface area contributed by atoms with Crippen LogP contribution in [0, 0.1) is 6.92 Å². The zero-order chi connectivity index (χ0) is 17.4. The van der Waals surface area contributed by atoms with E-state index in [1.54, 1.807) is 32.8 Å². The number of piperazine rings is 1. The van der Waals surface area contributed by atoms with Crippen LogP contribution in [0.2, 0.25) is 0 Å². The van der Waals surface area contributed by atoms with E-state index in [0.717, 1.165) is 12.8 Å². The number of ether oxygens (including phenoxy) is 1. The molecule has 4 rings (SSSR count). The molecule has 1 unspecified atom stereocenters. The van der Waals surface area contributed by atoms with Crippen molar-refractivity contribution >= 4 is 17.5 Å². The third kappa shape index (κ3) is 2.86. The highest BCUT2D eigenvalue weighted by Gasteiger charge is 2.32. The van der Waals surface area contributed by atoms with Gasteiger partial charge in [-0.25, -0.2) is 9.50 Å². The molecule has 0 bridgehead atoms. The Morgan fingerprint density at radius 1 is 1.20 bits per heavy atom. The Balaban J connectivity index is 1.46. The van der Waals surface area contributed by atoms with Gasteiger partial charge in [-0.3, -0.25) is 9.59 Å². The van der Waals surface area contributed by atoms with Crippen molar-refractivity contribution in [1.29, 1.82) is 0 Å². The zero-order valence-electron chi connectivity index (χ0n) is 14.2. The second-order valence-electron chi connectivity index (χ2n) is 6.47. The molecule has 8 heteroatoms. The Hall–Kier alpha value is -2.48. The molecule has 8 nitrogen and oxygen atoms in total. The van der Waals surface area contributed by atoms with E-state index < -0.39 is 0 Å². The van der Waals surface area contributed by atoms with E-state index in [-0.39, 0.29) is 17.9 Å². The molecule has 2 saturated heterocycles. The SMILES string of the molecule is Cc1nn2cccnc2c1C(=O)N1CCN(C(=O)C2CCCO2)CC1. The highest BCUT2D eigenvalue weighted by atomic mass is 16.5. The summed E-state index contributed by atoms with van der Waals surface area (Å²) in [6.07, 6.45) is 4.88. The van der Waals surface area contributed by atoms with Crippen LogP contribution in [0.25, 0.3) is 5.65 Å². The van der Waals surface area contributed by atoms with Gasteiger partial charge < -0.3 is 14.5 Å². The number of hydrogen-bond acceptors (Lipinski definition) is 5. The first kappa shape index (κ1) is 16.0. The van der Waals surface area contributed by atoms with Crippen LogP contribution in [0.4, 0.5) is 0 Å². The van der Waals surface area contributed by atoms with Crippen molar-refractivity contribution in [3.63, 3.8) is 0 Å². The largest absolute Gasteiger partial charge is 0.368 e. The van der Waals surface area contributed by atoms with Gasteiger partial charge in [-0.05, 0) is 25.8 Å². The summed E-state index contributed by atoms with van der Waals surface area (Å²) in [4.78, 5) is 33.2. The average Bonchev–Trinajstić information content (AvgIpc) is 3.27. The van der Waals surface area contributed by atoms with Gasteiger partial charge >= 0.3 is 0 Å². The molecule has 2 aromatic heterocycles. The maximum Gasteiger partial charge on any atom is 0.259 e. The van der Waals surface area contributed by atoms with Gasteiger partial charge in [-0.1, -0.05) is 0 Å². The normalized spacial score (nSPS) is 21.1. The van der Waals surface area contributed by atoms with Crippen molar-refractivity contribution in [2.45, 2.75) is 25.9 Å². The average molecular weight is 343 g/mol. The lowest BCUT2D eigenvalue weighted by atomic mass is 10.1. The molecule has 2 aliphatic rings. The summed E-state index contributed by atoms with van der Waals surface area (Å²) in [6, 6.07) is 1.78. The first-order chi connectivity index (χ1) is 12.1. The van der Waals surface area contributed by atoms with Crippen LogP contribution < -0.4 is 0 Å². The van der Waals surface area contributed by atoms with Gasteiger partial charge in [0.05, 0.1) is 5.69 Å². The molecule has 4 heterocycles. The molecular formula is C17H21N5O3. The lowest BCUT2D eigenvalue weighted by Gasteiger charge is -2.35. The third-order valence-corrected chi connectivity index (χ3v) is 4.87. The van der Waals surface area contributed by atoms with Crippen molar-refractivity contribution in [1.82, 2.24) is 24.4 Å². The van der Waals surface area contributed by atoms with Gasteiger partial charge in [0.25, 0.3) is 11.8 Å². The Bertz CT molecular complexity index is 804. The van der Waals surface area contributed by atoms with Crippen LogP contribution >= 0.6 is 0 Å². The lowest BCUT2D eigenvalue weighted by molar-refractivity contribution is -0.142. The van der Waals surface area contributed by atoms with Crippen molar-refractivity contribution in [3.05, 3.63) is 29.7 Å². The van der Waals surface area contributed by atoms with Crippen molar-refractivity contribution in [3.8, 4) is 0 Å². The number of aromatic nitrogens is 3. The number of amides is 2. The van der Waals surface area contributed by atoms with E-state index in [1.807, 2.05) is 6.92 Å². The number of fused-ring (bicyclic) bond motifs is 1. The van der Waals surface area contributed by atoms with Gasteiger partial charge in [-0.15, -0.1) is 0 Å². The summed E-state index contributed by atoms with van der Waals surface area (Å²) >= 11 is 0. The maximum absolute atomic E-state index is 12.9. The number of carbonyl (C=O) groups excluding carboxylic acids is 2. The van der Waals surface area contributed by atoms with Gasteiger partial charge in [0.15, 0.2) is 5.65 Å². The van der Waals surface area contributed by atoms with Crippen molar-refractivity contribution in [2.75, 3.05) is 32.8 Å². The van der Waals surface area contributed by atoms with Gasteiger partial charge in [-0.2, -0.15) is 5.10 Å². The first-order valence-electron chi connectivity index (χ1n) is 8.65. The van der Waals surface area contributed by atoms with Crippen LogP contribution in [0.1, 0.15) is 28.9 Å². The van der Waals surface area contributed by atoms with Crippen LogP contribution in [0.5, 0.6) is 0 Å². The number of rotatable bonds is 2. The fourth-order valence-electron chi connectivity index (χ4n) is 3.51. The minimum Gasteiger partial charge on any atom is -0.368 e. The highest BCUT2D eigenvalue weighted by molar-refractivity contribution is 6.01. The second-order valence-corrected chi connectivity index (χ2v) is 6.47. The van der Waals surface area contributed by atoms with E-state index >= 15 is 0 Å². The van der Waals surface area contributed by atoms with E-state index in [1.165, 1.54) is 0 Å². The summed E-state index contributed by atoms with van der Waals surface area (Å²) in [5, 5.41) is 4.35. The van der Waals surface area contributed by atoms with E-state index in [2.05, 4.69) is 10.1 Å². The summed E-state index contributed by atoms with van der Waals surface area (Å²) < 4.78 is 7.10. The smallest absolute Gasteiger partial charge is 0.259 e. The predicted octanol–water partition coefficient (Wildman–Crippen LogP) is 0.501.